The van der Waals surface area contributed by atoms with E-state index in [9.17, 15) is 18.0 Å². The van der Waals surface area contributed by atoms with Gasteiger partial charge in [0.2, 0.25) is 5.91 Å². The molecule has 152 valence electrons. The molecular weight excluding hydrogens is 401 g/mol. The number of benzene rings is 2. The lowest BCUT2D eigenvalue weighted by Crippen LogP contribution is -2.34. The molecule has 0 aliphatic heterocycles. The van der Waals surface area contributed by atoms with E-state index in [0.717, 1.165) is 34.1 Å². The van der Waals surface area contributed by atoms with E-state index in [2.05, 4.69) is 10.2 Å². The summed E-state index contributed by atoms with van der Waals surface area (Å²) in [6, 6.07) is 15.5. The maximum atomic E-state index is 12.3. The number of nitrogens with zero attached hydrogens (tertiary/aromatic N) is 3. The molecule has 0 saturated carbocycles. The lowest BCUT2D eigenvalue weighted by molar-refractivity contribution is -0.136. The third-order valence-electron chi connectivity index (χ3n) is 4.02. The molecule has 1 N–H and O–H groups in total. The van der Waals surface area contributed by atoms with Gasteiger partial charge in [-0.2, -0.15) is 13.2 Å². The van der Waals surface area contributed by atoms with Crippen molar-refractivity contribution in [3.63, 3.8) is 0 Å². The van der Waals surface area contributed by atoms with Crippen LogP contribution < -0.4 is 5.32 Å². The first-order chi connectivity index (χ1) is 13.7. The normalized spacial score (nSPS) is 11.5. The molecule has 3 rings (SSSR count). The van der Waals surface area contributed by atoms with Gasteiger partial charge in [0.15, 0.2) is 11.0 Å². The Morgan fingerprint density at radius 1 is 1.07 bits per heavy atom. The third-order valence-corrected chi connectivity index (χ3v) is 4.95. The largest absolute Gasteiger partial charge is 0.405 e. The smallest absolute Gasteiger partial charge is 0.346 e. The molecule has 2 aromatic carbocycles. The van der Waals surface area contributed by atoms with E-state index >= 15 is 0 Å². The summed E-state index contributed by atoms with van der Waals surface area (Å²) in [5.41, 5.74) is 3.79. The van der Waals surface area contributed by atoms with Crippen molar-refractivity contribution < 1.29 is 18.0 Å². The Balaban J connectivity index is 1.89. The van der Waals surface area contributed by atoms with Crippen molar-refractivity contribution >= 4 is 17.7 Å². The number of hydrogen-bond acceptors (Lipinski definition) is 4. The number of amides is 1. The first-order valence-corrected chi connectivity index (χ1v) is 9.77. The minimum Gasteiger partial charge on any atom is -0.346 e. The third kappa shape index (κ3) is 5.60. The lowest BCUT2D eigenvalue weighted by Gasteiger charge is -2.11. The first kappa shape index (κ1) is 20.9. The average molecular weight is 420 g/mol. The quantitative estimate of drug-likeness (QED) is 0.604. The summed E-state index contributed by atoms with van der Waals surface area (Å²) < 4.78 is 38.6. The van der Waals surface area contributed by atoms with Gasteiger partial charge in [-0.25, -0.2) is 0 Å². The van der Waals surface area contributed by atoms with E-state index < -0.39 is 18.6 Å². The molecule has 3 aromatic rings. The molecule has 1 heterocycles. The zero-order valence-electron chi connectivity index (χ0n) is 15.8. The molecule has 0 saturated heterocycles. The minimum absolute atomic E-state index is 0.201. The molecule has 0 unspecified atom stereocenters. The molecule has 0 bridgehead atoms. The number of hydrogen-bond donors (Lipinski definition) is 1. The molecule has 1 aromatic heterocycles. The second kappa shape index (κ2) is 8.69. The molecule has 0 aliphatic carbocycles. The van der Waals surface area contributed by atoms with Crippen molar-refractivity contribution in [2.45, 2.75) is 25.2 Å². The number of halogens is 3. The highest BCUT2D eigenvalue weighted by atomic mass is 32.2. The molecule has 0 radical (unpaired) electrons. The number of aromatic nitrogens is 3. The van der Waals surface area contributed by atoms with E-state index in [4.69, 9.17) is 0 Å². The Bertz CT molecular complexity index is 1000. The Hall–Kier alpha value is -2.81. The van der Waals surface area contributed by atoms with E-state index in [1.807, 2.05) is 67.7 Å². The second-order valence-electron chi connectivity index (χ2n) is 6.53. The number of aryl methyl sites for hydroxylation is 2. The van der Waals surface area contributed by atoms with Crippen LogP contribution in [-0.4, -0.2) is 39.1 Å². The van der Waals surface area contributed by atoms with Crippen LogP contribution in [0.3, 0.4) is 0 Å². The number of nitrogens with one attached hydrogen (secondary N) is 1. The summed E-state index contributed by atoms with van der Waals surface area (Å²) in [5.74, 6) is -0.327. The van der Waals surface area contributed by atoms with Crippen molar-refractivity contribution in [3.8, 4) is 17.1 Å². The molecular formula is C20H19F3N4OS. The standard InChI is InChI=1S/C20H19F3N4OS/c1-13-6-8-16(9-7-13)27-18(15-5-3-4-14(2)10-15)25-26-19(27)29-11-17(28)24-12-20(21,22)23/h3-10H,11-12H2,1-2H3,(H,24,28). The van der Waals surface area contributed by atoms with Crippen molar-refractivity contribution in [1.29, 1.82) is 0 Å². The predicted molar refractivity (Wildman–Crippen MR) is 106 cm³/mol. The Labute approximate surface area is 170 Å². The fraction of sp³-hybridized carbons (Fsp3) is 0.250. The fourth-order valence-electron chi connectivity index (χ4n) is 2.64. The predicted octanol–water partition coefficient (Wildman–Crippen LogP) is 4.32. The van der Waals surface area contributed by atoms with Crippen LogP contribution in [0, 0.1) is 13.8 Å². The van der Waals surface area contributed by atoms with E-state index in [0.29, 0.717) is 11.0 Å². The van der Waals surface area contributed by atoms with Crippen LogP contribution in [0.1, 0.15) is 11.1 Å². The summed E-state index contributed by atoms with van der Waals surface area (Å²) in [5, 5.41) is 10.7. The van der Waals surface area contributed by atoms with Gasteiger partial charge in [0.05, 0.1) is 5.75 Å². The zero-order chi connectivity index (χ0) is 21.0. The van der Waals surface area contributed by atoms with Crippen LogP contribution in [-0.2, 0) is 4.79 Å². The number of alkyl halides is 3. The number of carbonyl (C=O) groups is 1. The Morgan fingerprint density at radius 2 is 1.79 bits per heavy atom. The summed E-state index contributed by atoms with van der Waals surface area (Å²) in [6.07, 6.45) is -4.44. The van der Waals surface area contributed by atoms with Crippen LogP contribution in [0.2, 0.25) is 0 Å². The van der Waals surface area contributed by atoms with Crippen LogP contribution in [0.15, 0.2) is 53.7 Å². The topological polar surface area (TPSA) is 59.8 Å². The first-order valence-electron chi connectivity index (χ1n) is 8.79. The Kier molecular flexibility index (Phi) is 6.26. The van der Waals surface area contributed by atoms with Gasteiger partial charge >= 0.3 is 6.18 Å². The highest BCUT2D eigenvalue weighted by Crippen LogP contribution is 2.28. The summed E-state index contributed by atoms with van der Waals surface area (Å²) >= 11 is 1.03. The van der Waals surface area contributed by atoms with Crippen molar-refractivity contribution in [1.82, 2.24) is 20.1 Å². The SMILES string of the molecule is Cc1ccc(-n2c(SCC(=O)NCC(F)(F)F)nnc2-c2cccc(C)c2)cc1. The number of thioether (sulfide) groups is 1. The van der Waals surface area contributed by atoms with Gasteiger partial charge in [-0.05, 0) is 32.0 Å². The number of rotatable bonds is 6. The summed E-state index contributed by atoms with van der Waals surface area (Å²) in [4.78, 5) is 11.8. The van der Waals surface area contributed by atoms with Gasteiger partial charge in [-0.15, -0.1) is 10.2 Å². The highest BCUT2D eigenvalue weighted by molar-refractivity contribution is 7.99. The molecule has 0 aliphatic rings. The summed E-state index contributed by atoms with van der Waals surface area (Å²) in [6.45, 7) is 2.58. The Morgan fingerprint density at radius 3 is 2.45 bits per heavy atom. The van der Waals surface area contributed by atoms with Crippen LogP contribution >= 0.6 is 11.8 Å². The van der Waals surface area contributed by atoms with Crippen molar-refractivity contribution in [2.24, 2.45) is 0 Å². The van der Waals surface area contributed by atoms with E-state index in [1.54, 1.807) is 4.57 Å². The molecule has 9 heteroatoms. The van der Waals surface area contributed by atoms with E-state index in [1.165, 1.54) is 0 Å². The van der Waals surface area contributed by atoms with Gasteiger partial charge in [-0.1, -0.05) is 53.2 Å². The number of carbonyl (C=O) groups excluding carboxylic acids is 1. The van der Waals surface area contributed by atoms with Crippen LogP contribution in [0.4, 0.5) is 13.2 Å². The second-order valence-corrected chi connectivity index (χ2v) is 7.47. The molecule has 5 nitrogen and oxygen atoms in total. The molecule has 0 fully saturated rings. The van der Waals surface area contributed by atoms with Crippen LogP contribution in [0.25, 0.3) is 17.1 Å². The maximum absolute atomic E-state index is 12.3. The van der Waals surface area contributed by atoms with Crippen molar-refractivity contribution in [3.05, 3.63) is 59.7 Å². The van der Waals surface area contributed by atoms with Gasteiger partial charge in [0, 0.05) is 11.3 Å². The van der Waals surface area contributed by atoms with Gasteiger partial charge in [0.1, 0.15) is 6.54 Å². The fourth-order valence-corrected chi connectivity index (χ4v) is 3.42. The molecule has 29 heavy (non-hydrogen) atoms. The summed E-state index contributed by atoms with van der Waals surface area (Å²) in [7, 11) is 0. The molecule has 1 amide bonds. The van der Waals surface area contributed by atoms with Crippen molar-refractivity contribution in [2.75, 3.05) is 12.3 Å². The van der Waals surface area contributed by atoms with Gasteiger partial charge in [-0.3, -0.25) is 9.36 Å². The molecule has 0 spiro atoms. The van der Waals surface area contributed by atoms with E-state index in [-0.39, 0.29) is 5.75 Å². The zero-order valence-corrected chi connectivity index (χ0v) is 16.6. The van der Waals surface area contributed by atoms with Crippen LogP contribution in [0.5, 0.6) is 0 Å². The lowest BCUT2D eigenvalue weighted by atomic mass is 10.1. The monoisotopic (exact) mass is 420 g/mol. The highest BCUT2D eigenvalue weighted by Gasteiger charge is 2.27. The van der Waals surface area contributed by atoms with Gasteiger partial charge < -0.3 is 5.32 Å². The minimum atomic E-state index is -4.44. The average Bonchev–Trinajstić information content (AvgIpc) is 3.09. The van der Waals surface area contributed by atoms with Gasteiger partial charge in [0.25, 0.3) is 0 Å². The maximum Gasteiger partial charge on any atom is 0.405 e. The molecule has 0 atom stereocenters.